The predicted octanol–water partition coefficient (Wildman–Crippen LogP) is 2.45. The number of amides is 2. The first-order chi connectivity index (χ1) is 15.8. The molecule has 1 aliphatic rings. The predicted molar refractivity (Wildman–Crippen MR) is 123 cm³/mol. The number of H-pyrrole nitrogens is 2. The molecule has 5 heterocycles. The SMILES string of the molecule is Cc1cc(C(=O)N2CCCN(C(=O)c3cc(C)nc4n[nH]c(C)c34)CC2)c2c(C)[nH]nc2n1. The summed E-state index contributed by atoms with van der Waals surface area (Å²) in [5, 5.41) is 15.8. The molecule has 0 bridgehead atoms. The van der Waals surface area contributed by atoms with E-state index in [0.717, 1.165) is 33.5 Å². The summed E-state index contributed by atoms with van der Waals surface area (Å²) in [5.41, 5.74) is 5.44. The van der Waals surface area contributed by atoms with Gasteiger partial charge in [0.15, 0.2) is 11.3 Å². The number of hydrogen-bond acceptors (Lipinski definition) is 6. The average Bonchev–Trinajstić information content (AvgIpc) is 3.23. The number of rotatable bonds is 2. The van der Waals surface area contributed by atoms with E-state index in [1.807, 2.05) is 49.6 Å². The van der Waals surface area contributed by atoms with Crippen LogP contribution in [-0.4, -0.2) is 78.2 Å². The highest BCUT2D eigenvalue weighted by atomic mass is 16.2. The molecule has 1 saturated heterocycles. The number of nitrogens with zero attached hydrogens (tertiary/aromatic N) is 6. The van der Waals surface area contributed by atoms with Crippen LogP contribution in [0.2, 0.25) is 0 Å². The van der Waals surface area contributed by atoms with Crippen molar-refractivity contribution in [2.75, 3.05) is 26.2 Å². The molecule has 2 amide bonds. The minimum atomic E-state index is -0.0582. The highest BCUT2D eigenvalue weighted by Gasteiger charge is 2.27. The molecular weight excluding hydrogens is 420 g/mol. The van der Waals surface area contributed by atoms with Gasteiger partial charge in [0.2, 0.25) is 0 Å². The third-order valence-corrected chi connectivity index (χ3v) is 6.20. The van der Waals surface area contributed by atoms with Crippen LogP contribution in [0.25, 0.3) is 22.1 Å². The normalized spacial score (nSPS) is 14.8. The molecule has 5 rings (SSSR count). The Morgan fingerprint density at radius 1 is 0.727 bits per heavy atom. The fraction of sp³-hybridized carbons (Fsp3) is 0.391. The molecule has 0 aliphatic carbocycles. The van der Waals surface area contributed by atoms with E-state index >= 15 is 0 Å². The molecule has 33 heavy (non-hydrogen) atoms. The quantitative estimate of drug-likeness (QED) is 0.487. The van der Waals surface area contributed by atoms with Crippen molar-refractivity contribution >= 4 is 33.9 Å². The van der Waals surface area contributed by atoms with Crippen LogP contribution in [-0.2, 0) is 0 Å². The summed E-state index contributed by atoms with van der Waals surface area (Å²) in [6.45, 7) is 9.58. The molecule has 0 spiro atoms. The smallest absolute Gasteiger partial charge is 0.254 e. The lowest BCUT2D eigenvalue weighted by atomic mass is 10.1. The Morgan fingerprint density at radius 3 is 1.58 bits per heavy atom. The summed E-state index contributed by atoms with van der Waals surface area (Å²) in [6.07, 6.45) is 0.701. The van der Waals surface area contributed by atoms with Crippen LogP contribution in [0.3, 0.4) is 0 Å². The Morgan fingerprint density at radius 2 is 1.15 bits per heavy atom. The van der Waals surface area contributed by atoms with Crippen molar-refractivity contribution in [1.29, 1.82) is 0 Å². The molecule has 0 atom stereocenters. The largest absolute Gasteiger partial charge is 0.337 e. The fourth-order valence-corrected chi connectivity index (χ4v) is 4.60. The summed E-state index contributed by atoms with van der Waals surface area (Å²) >= 11 is 0. The van der Waals surface area contributed by atoms with Gasteiger partial charge in [-0.3, -0.25) is 19.8 Å². The molecule has 1 fully saturated rings. The Bertz CT molecular complexity index is 1300. The van der Waals surface area contributed by atoms with Gasteiger partial charge >= 0.3 is 0 Å². The first-order valence-electron chi connectivity index (χ1n) is 11.1. The number of carbonyl (C=O) groups is 2. The number of nitrogens with one attached hydrogen (secondary N) is 2. The van der Waals surface area contributed by atoms with Gasteiger partial charge in [0.05, 0.1) is 21.9 Å². The molecule has 0 saturated carbocycles. The van der Waals surface area contributed by atoms with Gasteiger partial charge in [-0.05, 0) is 46.2 Å². The van der Waals surface area contributed by atoms with E-state index in [4.69, 9.17) is 0 Å². The van der Waals surface area contributed by atoms with Crippen molar-refractivity contribution in [2.45, 2.75) is 34.1 Å². The van der Waals surface area contributed by atoms with E-state index in [0.29, 0.717) is 55.0 Å². The van der Waals surface area contributed by atoms with Crippen LogP contribution in [0.15, 0.2) is 12.1 Å². The number of aryl methyl sites for hydroxylation is 4. The van der Waals surface area contributed by atoms with Crippen LogP contribution in [0.1, 0.15) is 49.9 Å². The summed E-state index contributed by atoms with van der Waals surface area (Å²) < 4.78 is 0. The van der Waals surface area contributed by atoms with E-state index in [1.54, 1.807) is 0 Å². The molecule has 10 nitrogen and oxygen atoms in total. The van der Waals surface area contributed by atoms with E-state index in [2.05, 4.69) is 30.4 Å². The summed E-state index contributed by atoms with van der Waals surface area (Å²) in [7, 11) is 0. The lowest BCUT2D eigenvalue weighted by Crippen LogP contribution is -2.37. The first-order valence-corrected chi connectivity index (χ1v) is 11.1. The maximum Gasteiger partial charge on any atom is 0.254 e. The van der Waals surface area contributed by atoms with Crippen molar-refractivity contribution in [2.24, 2.45) is 0 Å². The highest BCUT2D eigenvalue weighted by molar-refractivity contribution is 6.07. The number of pyridine rings is 2. The zero-order chi connectivity index (χ0) is 23.3. The Labute approximate surface area is 190 Å². The molecule has 0 unspecified atom stereocenters. The highest BCUT2D eigenvalue weighted by Crippen LogP contribution is 2.24. The molecule has 0 aromatic carbocycles. The third-order valence-electron chi connectivity index (χ3n) is 6.20. The van der Waals surface area contributed by atoms with Gasteiger partial charge in [-0.25, -0.2) is 9.97 Å². The van der Waals surface area contributed by atoms with Crippen LogP contribution in [0, 0.1) is 27.7 Å². The molecule has 10 heteroatoms. The molecule has 4 aromatic heterocycles. The van der Waals surface area contributed by atoms with Gasteiger partial charge in [-0.2, -0.15) is 10.2 Å². The van der Waals surface area contributed by atoms with Crippen LogP contribution in [0.5, 0.6) is 0 Å². The van der Waals surface area contributed by atoms with Gasteiger partial charge in [0.1, 0.15) is 0 Å². The van der Waals surface area contributed by atoms with Gasteiger partial charge < -0.3 is 9.80 Å². The van der Waals surface area contributed by atoms with Crippen molar-refractivity contribution in [3.8, 4) is 0 Å². The molecule has 0 radical (unpaired) electrons. The third kappa shape index (κ3) is 3.61. The maximum absolute atomic E-state index is 13.5. The average molecular weight is 447 g/mol. The van der Waals surface area contributed by atoms with Gasteiger partial charge in [0.25, 0.3) is 11.8 Å². The number of hydrogen-bond donors (Lipinski definition) is 2. The van der Waals surface area contributed by atoms with Crippen molar-refractivity contribution in [1.82, 2.24) is 40.2 Å². The van der Waals surface area contributed by atoms with Gasteiger partial charge in [-0.1, -0.05) is 0 Å². The number of carbonyl (C=O) groups excluding carboxylic acids is 2. The van der Waals surface area contributed by atoms with E-state index in [-0.39, 0.29) is 11.8 Å². The Balaban J connectivity index is 1.40. The molecule has 1 aliphatic heterocycles. The lowest BCUT2D eigenvalue weighted by molar-refractivity contribution is 0.0720. The molecule has 4 aromatic rings. The monoisotopic (exact) mass is 446 g/mol. The lowest BCUT2D eigenvalue weighted by Gasteiger charge is -2.23. The summed E-state index contributed by atoms with van der Waals surface area (Å²) in [4.78, 5) is 39.5. The van der Waals surface area contributed by atoms with E-state index in [9.17, 15) is 9.59 Å². The van der Waals surface area contributed by atoms with Gasteiger partial charge in [0, 0.05) is 49.0 Å². The zero-order valence-electron chi connectivity index (χ0n) is 19.2. The molecule has 2 N–H and O–H groups in total. The van der Waals surface area contributed by atoms with Crippen LogP contribution >= 0.6 is 0 Å². The van der Waals surface area contributed by atoms with Crippen LogP contribution < -0.4 is 0 Å². The second-order valence-electron chi connectivity index (χ2n) is 8.65. The number of aromatic amines is 2. The topological polar surface area (TPSA) is 124 Å². The van der Waals surface area contributed by atoms with Crippen LogP contribution in [0.4, 0.5) is 0 Å². The number of fused-ring (bicyclic) bond motifs is 2. The summed E-state index contributed by atoms with van der Waals surface area (Å²) in [5.74, 6) is -0.116. The van der Waals surface area contributed by atoms with E-state index in [1.165, 1.54) is 0 Å². The second-order valence-corrected chi connectivity index (χ2v) is 8.65. The Kier molecular flexibility index (Phi) is 5.07. The minimum Gasteiger partial charge on any atom is -0.337 e. The fourth-order valence-electron chi connectivity index (χ4n) is 4.60. The summed E-state index contributed by atoms with van der Waals surface area (Å²) in [6, 6.07) is 3.64. The minimum absolute atomic E-state index is 0.0582. The number of aromatic nitrogens is 6. The first kappa shape index (κ1) is 21.0. The molecule has 170 valence electrons. The Hall–Kier alpha value is -3.82. The van der Waals surface area contributed by atoms with Crippen molar-refractivity contribution in [3.63, 3.8) is 0 Å². The van der Waals surface area contributed by atoms with Crippen molar-refractivity contribution < 1.29 is 9.59 Å². The standard InChI is InChI=1S/C23H26N8O2/c1-12-10-16(18-14(3)26-28-20(18)24-12)22(32)30-6-5-7-31(9-8-30)23(33)17-11-13(2)25-21-19(17)15(4)27-29-21/h10-11H,5-9H2,1-4H3,(H,24,26,28)(H,25,27,29). The van der Waals surface area contributed by atoms with Gasteiger partial charge in [-0.15, -0.1) is 0 Å². The zero-order valence-corrected chi connectivity index (χ0v) is 19.2. The van der Waals surface area contributed by atoms with E-state index < -0.39 is 0 Å². The second kappa shape index (κ2) is 7.95. The van der Waals surface area contributed by atoms with Crippen molar-refractivity contribution in [3.05, 3.63) is 46.0 Å². The molecular formula is C23H26N8O2. The maximum atomic E-state index is 13.5.